The molecule has 2 unspecified atom stereocenters. The van der Waals surface area contributed by atoms with E-state index in [1.165, 1.54) is 23.0 Å². The first-order chi connectivity index (χ1) is 16.8. The Labute approximate surface area is 216 Å². The van der Waals surface area contributed by atoms with E-state index in [-0.39, 0.29) is 23.7 Å². The fourth-order valence-electron chi connectivity index (χ4n) is 3.22. The van der Waals surface area contributed by atoms with Crippen LogP contribution in [-0.4, -0.2) is 76.3 Å². The van der Waals surface area contributed by atoms with Gasteiger partial charge in [-0.2, -0.15) is 5.10 Å². The van der Waals surface area contributed by atoms with Crippen molar-refractivity contribution in [3.05, 3.63) is 40.8 Å². The number of hydrogen-bond acceptors (Lipinski definition) is 9. The molecule has 2 aromatic rings. The van der Waals surface area contributed by atoms with Gasteiger partial charge in [-0.25, -0.2) is 17.9 Å². The van der Waals surface area contributed by atoms with Crippen molar-refractivity contribution in [3.8, 4) is 16.9 Å². The Hall–Kier alpha value is -2.80. The van der Waals surface area contributed by atoms with Crippen molar-refractivity contribution < 1.29 is 38.0 Å². The lowest BCUT2D eigenvalue weighted by Crippen LogP contribution is -2.50. The Bertz CT molecular complexity index is 1270. The number of aliphatic hydroxyl groups is 2. The van der Waals surface area contributed by atoms with Crippen molar-refractivity contribution in [3.63, 3.8) is 0 Å². The first-order valence-electron chi connectivity index (χ1n) is 11.6. The van der Waals surface area contributed by atoms with Crippen LogP contribution in [-0.2, 0) is 24.9 Å². The van der Waals surface area contributed by atoms with Gasteiger partial charge in [-0.15, -0.1) is 0 Å². The summed E-state index contributed by atoms with van der Waals surface area (Å²) >= 11 is 0. The summed E-state index contributed by atoms with van der Waals surface area (Å²) < 4.78 is 36.5. The van der Waals surface area contributed by atoms with E-state index >= 15 is 0 Å². The van der Waals surface area contributed by atoms with Gasteiger partial charge < -0.3 is 24.8 Å². The van der Waals surface area contributed by atoms with E-state index in [0.29, 0.717) is 11.1 Å². The van der Waals surface area contributed by atoms with Gasteiger partial charge in [-0.3, -0.25) is 4.79 Å². The molecule has 2 rings (SSSR count). The van der Waals surface area contributed by atoms with E-state index in [9.17, 15) is 28.2 Å². The quantitative estimate of drug-likeness (QED) is 0.383. The molecule has 1 heterocycles. The van der Waals surface area contributed by atoms with E-state index in [0.717, 1.165) is 13.2 Å². The number of hydrogen-bond donors (Lipinski definition) is 3. The molecule has 0 aliphatic carbocycles. The van der Waals surface area contributed by atoms with Crippen LogP contribution in [0.4, 0.5) is 0 Å². The number of carboxylic acids is 1. The Balaban J connectivity index is 2.29. The van der Waals surface area contributed by atoms with Gasteiger partial charge >= 0.3 is 11.5 Å². The molecule has 206 valence electrons. The van der Waals surface area contributed by atoms with Gasteiger partial charge in [-0.1, -0.05) is 12.1 Å². The summed E-state index contributed by atoms with van der Waals surface area (Å²) in [7, 11) is -3.40. The van der Waals surface area contributed by atoms with E-state index in [4.69, 9.17) is 14.6 Å². The Morgan fingerprint density at radius 2 is 1.68 bits per heavy atom. The summed E-state index contributed by atoms with van der Waals surface area (Å²) in [5.41, 5.74) is -3.44. The molecule has 0 radical (unpaired) electrons. The van der Waals surface area contributed by atoms with Crippen LogP contribution in [0.1, 0.15) is 48.0 Å². The van der Waals surface area contributed by atoms with Gasteiger partial charge in [0.2, 0.25) is 0 Å². The van der Waals surface area contributed by atoms with Gasteiger partial charge in [-0.05, 0) is 59.2 Å². The number of benzene rings is 1. The molecule has 11 nitrogen and oxygen atoms in total. The molecule has 0 saturated heterocycles. The minimum absolute atomic E-state index is 0.0240. The molecular weight excluding hydrogens is 504 g/mol. The molecule has 0 bridgehead atoms. The molecular formula is C25H36N2O9S. The molecule has 3 N–H and O–H groups in total. The maximum absolute atomic E-state index is 13.3. The lowest BCUT2D eigenvalue weighted by Gasteiger charge is -2.30. The fraction of sp³-hybridized carbons (Fsp3) is 0.560. The first-order valence-corrected chi connectivity index (χ1v) is 13.5. The van der Waals surface area contributed by atoms with E-state index < -0.39 is 50.8 Å². The highest BCUT2D eigenvalue weighted by atomic mass is 32.2. The summed E-state index contributed by atoms with van der Waals surface area (Å²) in [5.74, 6) is -1.55. The summed E-state index contributed by atoms with van der Waals surface area (Å²) in [5, 5.41) is 33.2. The number of aliphatic hydroxyl groups excluding tert-OH is 1. The largest absolute Gasteiger partial charge is 0.487 e. The third kappa shape index (κ3) is 7.60. The number of carboxylic acid groups (broad SMARTS) is 1. The fourth-order valence-corrected chi connectivity index (χ4v) is 3.85. The van der Waals surface area contributed by atoms with Crippen molar-refractivity contribution in [2.24, 2.45) is 0 Å². The van der Waals surface area contributed by atoms with Crippen LogP contribution in [0.15, 0.2) is 40.2 Å². The van der Waals surface area contributed by atoms with Crippen LogP contribution >= 0.6 is 0 Å². The summed E-state index contributed by atoms with van der Waals surface area (Å²) in [4.78, 5) is 24.6. The van der Waals surface area contributed by atoms with Crippen molar-refractivity contribution >= 4 is 15.8 Å². The highest BCUT2D eigenvalue weighted by Gasteiger charge is 2.39. The average Bonchev–Trinajstić information content (AvgIpc) is 2.76. The van der Waals surface area contributed by atoms with Gasteiger partial charge in [0.05, 0.1) is 35.4 Å². The molecule has 12 heteroatoms. The zero-order chi connectivity index (χ0) is 28.4. The monoisotopic (exact) mass is 540 g/mol. The lowest BCUT2D eigenvalue weighted by atomic mass is 9.99. The molecule has 0 amide bonds. The Morgan fingerprint density at radius 3 is 2.16 bits per heavy atom. The minimum atomic E-state index is -3.40. The lowest BCUT2D eigenvalue weighted by molar-refractivity contribution is -0.178. The maximum atomic E-state index is 13.3. The van der Waals surface area contributed by atoms with Crippen molar-refractivity contribution in [2.45, 2.75) is 75.7 Å². The molecule has 0 fully saturated rings. The number of carbonyl (C=O) groups is 1. The smallest absolute Gasteiger partial charge is 0.338 e. The van der Waals surface area contributed by atoms with Crippen LogP contribution in [0, 0.1) is 0 Å². The molecule has 0 spiro atoms. The highest BCUT2D eigenvalue weighted by Crippen LogP contribution is 2.29. The van der Waals surface area contributed by atoms with E-state index in [1.54, 1.807) is 26.0 Å². The molecule has 2 atom stereocenters. The molecule has 37 heavy (non-hydrogen) atoms. The van der Waals surface area contributed by atoms with Gasteiger partial charge in [0.1, 0.15) is 6.10 Å². The number of nitrogens with zero attached hydrogens (tertiary/aromatic N) is 2. The second-order valence-corrected chi connectivity index (χ2v) is 12.7. The van der Waals surface area contributed by atoms with Crippen molar-refractivity contribution in [1.82, 2.24) is 9.78 Å². The number of rotatable bonds is 11. The molecule has 1 aromatic heterocycles. The van der Waals surface area contributed by atoms with Crippen molar-refractivity contribution in [1.29, 1.82) is 0 Å². The van der Waals surface area contributed by atoms with Gasteiger partial charge in [0, 0.05) is 18.2 Å². The van der Waals surface area contributed by atoms with Crippen LogP contribution in [0.3, 0.4) is 0 Å². The Morgan fingerprint density at radius 1 is 1.11 bits per heavy atom. The predicted molar refractivity (Wildman–Crippen MR) is 136 cm³/mol. The summed E-state index contributed by atoms with van der Waals surface area (Å²) in [6, 6.07) is 6.03. The topological polar surface area (TPSA) is 165 Å². The minimum Gasteiger partial charge on any atom is -0.487 e. The van der Waals surface area contributed by atoms with Gasteiger partial charge in [0.25, 0.3) is 0 Å². The van der Waals surface area contributed by atoms with Crippen molar-refractivity contribution in [2.75, 3.05) is 19.5 Å². The second-order valence-electron chi connectivity index (χ2n) is 10.7. The van der Waals surface area contributed by atoms with Gasteiger partial charge in [0.15, 0.2) is 21.2 Å². The SMILES string of the molecule is CC(C)(CCOc1c(-c2ccc(S(C)(=O)=O)cc2)cnn(C(C)(C)C)c1=O)OCC(O)C(C)(O)C(=O)O. The number of ether oxygens (including phenoxy) is 2. The standard InChI is InChI=1S/C25H36N2O9S/c1-23(2,3)27-21(29)20(18(14-26-27)16-8-10-17(11-9-16)37(7,33)34)35-13-12-24(4,5)36-15-19(28)25(6,32)22(30)31/h8-11,14,19,28,32H,12-13,15H2,1-7H3,(H,30,31). The molecule has 1 aromatic carbocycles. The number of sulfone groups is 1. The van der Waals surface area contributed by atoms with Crippen LogP contribution in [0.5, 0.6) is 5.75 Å². The second kappa shape index (κ2) is 10.9. The molecule has 0 saturated carbocycles. The van der Waals surface area contributed by atoms with Crippen LogP contribution in [0.25, 0.3) is 11.1 Å². The summed E-state index contributed by atoms with van der Waals surface area (Å²) in [6.45, 7) is 9.42. The molecule has 0 aliphatic heterocycles. The zero-order valence-corrected chi connectivity index (χ0v) is 23.0. The third-order valence-corrected chi connectivity index (χ3v) is 6.96. The summed E-state index contributed by atoms with van der Waals surface area (Å²) in [6.07, 6.45) is 1.18. The van der Waals surface area contributed by atoms with Crippen LogP contribution in [0.2, 0.25) is 0 Å². The number of aromatic nitrogens is 2. The Kier molecular flexibility index (Phi) is 8.96. The third-order valence-electron chi connectivity index (χ3n) is 5.83. The zero-order valence-electron chi connectivity index (χ0n) is 22.2. The molecule has 0 aliphatic rings. The first kappa shape index (κ1) is 30.4. The van der Waals surface area contributed by atoms with E-state index in [2.05, 4.69) is 5.10 Å². The number of aliphatic carboxylic acids is 1. The average molecular weight is 541 g/mol. The normalized spacial score (nSPS) is 15.2. The van der Waals surface area contributed by atoms with Crippen LogP contribution < -0.4 is 10.3 Å². The maximum Gasteiger partial charge on any atom is 0.338 e. The highest BCUT2D eigenvalue weighted by molar-refractivity contribution is 7.90. The van der Waals surface area contributed by atoms with E-state index in [1.807, 2.05) is 20.8 Å². The predicted octanol–water partition coefficient (Wildman–Crippen LogP) is 1.83.